The van der Waals surface area contributed by atoms with Crippen molar-refractivity contribution < 1.29 is 53.9 Å². The maximum Gasteiger partial charge on any atom is 0.271 e. The summed E-state index contributed by atoms with van der Waals surface area (Å²) in [6, 6.07) is 9.52. The molecule has 2 N–H and O–H groups in total. The molecular formula is C28H41N4O8Pd-. The number of benzene rings is 2. The van der Waals surface area contributed by atoms with E-state index in [4.69, 9.17) is 24.7 Å². The van der Waals surface area contributed by atoms with Crippen molar-refractivity contribution in [2.45, 2.75) is 46.3 Å². The molecule has 2 aromatic rings. The van der Waals surface area contributed by atoms with Crippen molar-refractivity contribution in [1.29, 1.82) is 0 Å². The first-order chi connectivity index (χ1) is 17.8. The average Bonchev–Trinajstić information content (AvgIpc) is 2.85. The molecule has 2 aliphatic heterocycles. The first-order valence-electron chi connectivity index (χ1n) is 12.0. The van der Waals surface area contributed by atoms with Crippen LogP contribution in [-0.2, 0) is 39.5 Å². The second-order valence-electron chi connectivity index (χ2n) is 9.76. The smallest absolute Gasteiger partial charge is 0.271 e. The van der Waals surface area contributed by atoms with Gasteiger partial charge in [0, 0.05) is 65.6 Å². The molecule has 0 saturated heterocycles. The van der Waals surface area contributed by atoms with E-state index in [1.54, 1.807) is 57.9 Å². The Bertz CT molecular complexity index is 1220. The molecule has 2 heterocycles. The van der Waals surface area contributed by atoms with Crippen molar-refractivity contribution in [2.24, 2.45) is 0 Å². The fraction of sp³-hybridized carbons (Fsp3) is 0.464. The number of rotatable bonds is 7. The van der Waals surface area contributed by atoms with Crippen molar-refractivity contribution in [1.82, 2.24) is 0 Å². The van der Waals surface area contributed by atoms with Crippen LogP contribution in [0, 0.1) is 17.5 Å². The van der Waals surface area contributed by atoms with Gasteiger partial charge in [0.1, 0.15) is 11.5 Å². The number of amides is 2. The molecule has 2 amide bonds. The molecule has 0 bridgehead atoms. The number of carbonyl (C=O) groups excluding carboxylic acids is 2. The van der Waals surface area contributed by atoms with Crippen molar-refractivity contribution in [3.05, 3.63) is 53.9 Å². The van der Waals surface area contributed by atoms with Gasteiger partial charge in [0.2, 0.25) is 0 Å². The van der Waals surface area contributed by atoms with Gasteiger partial charge < -0.3 is 41.9 Å². The first kappa shape index (κ1) is 37.8. The summed E-state index contributed by atoms with van der Waals surface area (Å²) < 4.78 is 21.4. The van der Waals surface area contributed by atoms with E-state index in [9.17, 15) is 19.7 Å². The van der Waals surface area contributed by atoms with E-state index in [0.717, 1.165) is 0 Å². The number of fused-ring (bicyclic) bond motifs is 2. The minimum absolute atomic E-state index is 0. The molecule has 4 rings (SSSR count). The molecule has 0 unspecified atom stereocenters. The molecule has 0 aliphatic carbocycles. The van der Waals surface area contributed by atoms with Gasteiger partial charge in [-0.15, -0.1) is 0 Å². The summed E-state index contributed by atoms with van der Waals surface area (Å²) in [5, 5.41) is 10.9. The van der Waals surface area contributed by atoms with Gasteiger partial charge in [-0.2, -0.15) is 0 Å². The Morgan fingerprint density at radius 1 is 0.854 bits per heavy atom. The summed E-state index contributed by atoms with van der Waals surface area (Å²) in [5.41, 5.74) is 5.52. The van der Waals surface area contributed by atoms with Crippen LogP contribution >= 0.6 is 0 Å². The van der Waals surface area contributed by atoms with Crippen LogP contribution in [0.4, 0.5) is 22.7 Å². The molecule has 12 nitrogen and oxygen atoms in total. The summed E-state index contributed by atoms with van der Waals surface area (Å²) in [6.07, 6.45) is 0. The SMILES string of the molecule is C.COCCN1C(=O)C(C)(C)Oc2ccc(N)cc21.COCCN1C(=O)C(C)(C)Oc2ccc([N+](=O)[O-])cc21.[CH3-].[Pd]. The molecule has 2 aromatic carbocycles. The number of hydrogen-bond donors (Lipinski definition) is 1. The van der Waals surface area contributed by atoms with E-state index in [1.165, 1.54) is 30.2 Å². The van der Waals surface area contributed by atoms with Gasteiger partial charge in [-0.1, -0.05) is 7.43 Å². The molecule has 13 heteroatoms. The van der Waals surface area contributed by atoms with Crippen LogP contribution < -0.4 is 25.0 Å². The zero-order valence-electron chi connectivity index (χ0n) is 23.8. The number of hydrogen-bond acceptors (Lipinski definition) is 9. The van der Waals surface area contributed by atoms with Crippen LogP contribution in [0.2, 0.25) is 0 Å². The third-order valence-electron chi connectivity index (χ3n) is 6.01. The summed E-state index contributed by atoms with van der Waals surface area (Å²) >= 11 is 0. The zero-order valence-corrected chi connectivity index (χ0v) is 25.3. The van der Waals surface area contributed by atoms with Crippen molar-refractivity contribution in [3.8, 4) is 11.5 Å². The standard InChI is InChI=1S/C13H16N2O5.C13H18N2O3.CH4.CH3.Pd/c1-13(2)12(16)14(6-7-19-3)10-8-9(15(17)18)4-5-11(10)20-13;1-13(2)12(16)15(6-7-17-3)10-8-9(14)4-5-11(10)18-13;;;/h4-5,8H,6-7H2,1-3H3;4-5,8H,6-7,14H2,1-3H3;1H4;1H3;/q;;;-1;. The van der Waals surface area contributed by atoms with Crippen molar-refractivity contribution in [3.63, 3.8) is 0 Å². The Labute approximate surface area is 255 Å². The normalized spacial score (nSPS) is 15.7. The molecule has 41 heavy (non-hydrogen) atoms. The number of methoxy groups -OCH3 is 2. The molecule has 232 valence electrons. The fourth-order valence-corrected chi connectivity index (χ4v) is 4.06. The summed E-state index contributed by atoms with van der Waals surface area (Å²) in [6.45, 7) is 8.46. The fourth-order valence-electron chi connectivity index (χ4n) is 4.06. The Kier molecular flexibility index (Phi) is 13.9. The number of nitro groups is 1. The number of carbonyl (C=O) groups is 2. The number of nitro benzene ring substituents is 1. The molecule has 0 saturated carbocycles. The third kappa shape index (κ3) is 8.39. The first-order valence-corrected chi connectivity index (χ1v) is 12.0. The van der Waals surface area contributed by atoms with Gasteiger partial charge in [-0.05, 0) is 52.0 Å². The second kappa shape index (κ2) is 15.1. The van der Waals surface area contributed by atoms with E-state index >= 15 is 0 Å². The van der Waals surface area contributed by atoms with Gasteiger partial charge in [-0.3, -0.25) is 19.7 Å². The molecule has 0 aromatic heterocycles. The van der Waals surface area contributed by atoms with E-state index < -0.39 is 16.1 Å². The van der Waals surface area contributed by atoms with Crippen LogP contribution in [0.1, 0.15) is 35.1 Å². The summed E-state index contributed by atoms with van der Waals surface area (Å²) in [4.78, 5) is 38.2. The van der Waals surface area contributed by atoms with E-state index in [1.807, 2.05) is 0 Å². The Balaban J connectivity index is 0.000000730. The van der Waals surface area contributed by atoms with E-state index in [2.05, 4.69) is 0 Å². The van der Waals surface area contributed by atoms with Crippen molar-refractivity contribution >= 4 is 34.6 Å². The number of non-ortho nitro benzene ring substituents is 1. The minimum Gasteiger partial charge on any atom is -0.476 e. The third-order valence-corrected chi connectivity index (χ3v) is 6.01. The van der Waals surface area contributed by atoms with Gasteiger partial charge in [0.15, 0.2) is 11.2 Å². The Hall–Kier alpha value is -3.24. The zero-order chi connectivity index (χ0) is 28.3. The quantitative estimate of drug-likeness (QED) is 0.151. The van der Waals surface area contributed by atoms with Crippen LogP contribution in [0.3, 0.4) is 0 Å². The topological polar surface area (TPSA) is 147 Å². The summed E-state index contributed by atoms with van der Waals surface area (Å²) in [7, 11) is 3.14. The second-order valence-corrected chi connectivity index (χ2v) is 9.76. The van der Waals surface area contributed by atoms with Crippen LogP contribution in [0.25, 0.3) is 0 Å². The van der Waals surface area contributed by atoms with E-state index in [-0.39, 0.29) is 52.8 Å². The van der Waals surface area contributed by atoms with Gasteiger partial charge >= 0.3 is 0 Å². The van der Waals surface area contributed by atoms with Crippen LogP contribution in [0.15, 0.2) is 36.4 Å². The van der Waals surface area contributed by atoms with E-state index in [0.29, 0.717) is 54.9 Å². The predicted octanol–water partition coefficient (Wildman–Crippen LogP) is 4.25. The maximum atomic E-state index is 12.4. The van der Waals surface area contributed by atoms with Gasteiger partial charge in [0.25, 0.3) is 17.5 Å². The number of nitrogens with zero attached hydrogens (tertiary/aromatic N) is 3. The van der Waals surface area contributed by atoms with Crippen LogP contribution in [0.5, 0.6) is 11.5 Å². The average molecular weight is 668 g/mol. The van der Waals surface area contributed by atoms with Gasteiger partial charge in [0.05, 0.1) is 29.5 Å². The number of anilines is 3. The molecule has 2 aliphatic rings. The molecule has 0 spiro atoms. The van der Waals surface area contributed by atoms with Gasteiger partial charge in [-0.25, -0.2) is 0 Å². The molecule has 0 radical (unpaired) electrons. The minimum atomic E-state index is -1.00. The Morgan fingerprint density at radius 2 is 1.27 bits per heavy atom. The monoisotopic (exact) mass is 667 g/mol. The molecule has 0 fully saturated rings. The molecular weight excluding hydrogens is 627 g/mol. The number of nitrogen functional groups attached to an aromatic ring is 1. The maximum absolute atomic E-state index is 12.4. The predicted molar refractivity (Wildman–Crippen MR) is 155 cm³/mol. The summed E-state index contributed by atoms with van der Waals surface area (Å²) in [5.74, 6) is 0.793. The van der Waals surface area contributed by atoms with Crippen LogP contribution in [-0.4, -0.2) is 68.5 Å². The molecule has 0 atom stereocenters. The number of ether oxygens (including phenoxy) is 4. The largest absolute Gasteiger partial charge is 0.476 e. The van der Waals surface area contributed by atoms with Crippen molar-refractivity contribution in [2.75, 3.05) is 56.1 Å². The number of nitrogens with two attached hydrogens (primary N) is 1. The Morgan fingerprint density at radius 3 is 1.68 bits per heavy atom.